The van der Waals surface area contributed by atoms with E-state index in [-0.39, 0.29) is 11.3 Å². The lowest BCUT2D eigenvalue weighted by atomic mass is 9.84. The van der Waals surface area contributed by atoms with Crippen LogP contribution >= 0.6 is 15.9 Å². The van der Waals surface area contributed by atoms with Crippen LogP contribution in [0.3, 0.4) is 0 Å². The molecule has 0 aromatic heterocycles. The van der Waals surface area contributed by atoms with Crippen molar-refractivity contribution in [2.24, 2.45) is 5.92 Å². The Bertz CT molecular complexity index is 496. The first-order valence-electron chi connectivity index (χ1n) is 8.08. The lowest BCUT2D eigenvalue weighted by molar-refractivity contribution is -0.121. The number of carbonyl (C=O) groups excluding carboxylic acids is 1. The Morgan fingerprint density at radius 2 is 2.27 bits per heavy atom. The molecule has 0 aliphatic carbocycles. The number of benzene rings is 1. The normalized spacial score (nSPS) is 19.0. The van der Waals surface area contributed by atoms with Gasteiger partial charge in [-0.3, -0.25) is 4.79 Å². The highest BCUT2D eigenvalue weighted by atomic mass is 79.9. The molecule has 122 valence electrons. The monoisotopic (exact) mass is 367 g/mol. The van der Waals surface area contributed by atoms with Crippen molar-refractivity contribution in [1.29, 1.82) is 0 Å². The summed E-state index contributed by atoms with van der Waals surface area (Å²) in [4.78, 5) is 12.1. The predicted molar refractivity (Wildman–Crippen MR) is 93.0 cm³/mol. The first kappa shape index (κ1) is 17.5. The smallest absolute Gasteiger partial charge is 0.220 e. The lowest BCUT2D eigenvalue weighted by Crippen LogP contribution is -2.36. The van der Waals surface area contributed by atoms with Gasteiger partial charge >= 0.3 is 0 Å². The summed E-state index contributed by atoms with van der Waals surface area (Å²) in [6.07, 6.45) is 3.85. The van der Waals surface area contributed by atoms with E-state index in [0.717, 1.165) is 30.5 Å². The zero-order chi connectivity index (χ0) is 16.0. The maximum Gasteiger partial charge on any atom is 0.220 e. The first-order chi connectivity index (χ1) is 10.5. The second-order valence-electron chi connectivity index (χ2n) is 6.79. The second kappa shape index (κ2) is 8.11. The molecule has 1 heterocycles. The summed E-state index contributed by atoms with van der Waals surface area (Å²) >= 11 is 3.50. The molecule has 1 aliphatic heterocycles. The van der Waals surface area contributed by atoms with Crippen molar-refractivity contribution in [3.63, 3.8) is 0 Å². The van der Waals surface area contributed by atoms with Crippen molar-refractivity contribution in [1.82, 2.24) is 5.32 Å². The molecule has 1 amide bonds. The van der Waals surface area contributed by atoms with Crippen LogP contribution in [0.2, 0.25) is 0 Å². The van der Waals surface area contributed by atoms with E-state index in [1.807, 2.05) is 12.1 Å². The van der Waals surface area contributed by atoms with Gasteiger partial charge in [0.1, 0.15) is 0 Å². The van der Waals surface area contributed by atoms with Crippen LogP contribution in [0.1, 0.15) is 45.1 Å². The van der Waals surface area contributed by atoms with E-state index in [1.54, 1.807) is 0 Å². The standard InChI is InChI=1S/C18H26BrNO2/c1-18(2,15-6-3-7-16(19)11-15)13-20-17(21)9-8-14-5-4-10-22-12-14/h3,6-7,11,14H,4-5,8-10,12-13H2,1-2H3,(H,20,21). The highest BCUT2D eigenvalue weighted by Crippen LogP contribution is 2.25. The molecule has 1 saturated heterocycles. The second-order valence-corrected chi connectivity index (χ2v) is 7.71. The minimum atomic E-state index is -0.0760. The van der Waals surface area contributed by atoms with Gasteiger partial charge in [0.15, 0.2) is 0 Å². The van der Waals surface area contributed by atoms with Crippen molar-refractivity contribution >= 4 is 21.8 Å². The van der Waals surface area contributed by atoms with Crippen LogP contribution in [-0.2, 0) is 14.9 Å². The van der Waals surface area contributed by atoms with Crippen LogP contribution in [0.25, 0.3) is 0 Å². The van der Waals surface area contributed by atoms with Gasteiger partial charge in [0, 0.05) is 36.1 Å². The van der Waals surface area contributed by atoms with Gasteiger partial charge in [-0.2, -0.15) is 0 Å². The third-order valence-electron chi connectivity index (χ3n) is 4.37. The number of hydrogen-bond donors (Lipinski definition) is 1. The quantitative estimate of drug-likeness (QED) is 0.823. The summed E-state index contributed by atoms with van der Waals surface area (Å²) in [5, 5.41) is 3.09. The summed E-state index contributed by atoms with van der Waals surface area (Å²) in [7, 11) is 0. The number of carbonyl (C=O) groups is 1. The fourth-order valence-electron chi connectivity index (χ4n) is 2.79. The molecule has 0 radical (unpaired) electrons. The Labute approximate surface area is 141 Å². The van der Waals surface area contributed by atoms with Crippen molar-refractivity contribution in [3.05, 3.63) is 34.3 Å². The van der Waals surface area contributed by atoms with Gasteiger partial charge < -0.3 is 10.1 Å². The Kier molecular flexibility index (Phi) is 6.45. The molecule has 22 heavy (non-hydrogen) atoms. The minimum absolute atomic E-state index is 0.0760. The Hall–Kier alpha value is -0.870. The van der Waals surface area contributed by atoms with E-state index in [2.05, 4.69) is 47.2 Å². The average molecular weight is 368 g/mol. The Morgan fingerprint density at radius 1 is 1.45 bits per heavy atom. The lowest BCUT2D eigenvalue weighted by Gasteiger charge is -2.26. The number of ether oxygens (including phenoxy) is 1. The molecule has 4 heteroatoms. The van der Waals surface area contributed by atoms with Crippen molar-refractivity contribution in [2.45, 2.75) is 44.9 Å². The van der Waals surface area contributed by atoms with Gasteiger partial charge in [-0.25, -0.2) is 0 Å². The highest BCUT2D eigenvalue weighted by molar-refractivity contribution is 9.10. The van der Waals surface area contributed by atoms with E-state index in [4.69, 9.17) is 4.74 Å². The van der Waals surface area contributed by atoms with E-state index < -0.39 is 0 Å². The maximum absolute atomic E-state index is 12.1. The van der Waals surface area contributed by atoms with Crippen LogP contribution < -0.4 is 5.32 Å². The van der Waals surface area contributed by atoms with Gasteiger partial charge in [-0.15, -0.1) is 0 Å². The van der Waals surface area contributed by atoms with E-state index in [1.165, 1.54) is 12.0 Å². The van der Waals surface area contributed by atoms with Crippen molar-refractivity contribution in [2.75, 3.05) is 19.8 Å². The molecule has 0 bridgehead atoms. The Morgan fingerprint density at radius 3 is 2.95 bits per heavy atom. The molecule has 1 fully saturated rings. The van der Waals surface area contributed by atoms with E-state index in [9.17, 15) is 4.79 Å². The zero-order valence-electron chi connectivity index (χ0n) is 13.5. The van der Waals surface area contributed by atoms with Gasteiger partial charge in [0.2, 0.25) is 5.91 Å². The third-order valence-corrected chi connectivity index (χ3v) is 4.86. The topological polar surface area (TPSA) is 38.3 Å². The van der Waals surface area contributed by atoms with Crippen LogP contribution in [0.5, 0.6) is 0 Å². The fraction of sp³-hybridized carbons (Fsp3) is 0.611. The molecule has 1 unspecified atom stereocenters. The maximum atomic E-state index is 12.1. The summed E-state index contributed by atoms with van der Waals surface area (Å²) in [5.41, 5.74) is 1.15. The molecule has 0 spiro atoms. The zero-order valence-corrected chi connectivity index (χ0v) is 15.1. The van der Waals surface area contributed by atoms with Crippen LogP contribution in [-0.4, -0.2) is 25.7 Å². The van der Waals surface area contributed by atoms with Crippen LogP contribution in [0, 0.1) is 5.92 Å². The number of amides is 1. The minimum Gasteiger partial charge on any atom is -0.381 e. The first-order valence-corrected chi connectivity index (χ1v) is 8.87. The molecule has 1 aromatic rings. The van der Waals surface area contributed by atoms with Gasteiger partial charge in [-0.05, 0) is 42.9 Å². The molecule has 0 saturated carbocycles. The summed E-state index contributed by atoms with van der Waals surface area (Å²) in [5.74, 6) is 0.700. The number of rotatable bonds is 6. The van der Waals surface area contributed by atoms with E-state index >= 15 is 0 Å². The average Bonchev–Trinajstić information content (AvgIpc) is 2.52. The van der Waals surface area contributed by atoms with Crippen molar-refractivity contribution in [3.8, 4) is 0 Å². The summed E-state index contributed by atoms with van der Waals surface area (Å²) in [6, 6.07) is 8.28. The number of halogens is 1. The van der Waals surface area contributed by atoms with Crippen molar-refractivity contribution < 1.29 is 9.53 Å². The summed E-state index contributed by atoms with van der Waals surface area (Å²) in [6.45, 7) is 6.66. The van der Waals surface area contributed by atoms with Crippen LogP contribution in [0.4, 0.5) is 0 Å². The van der Waals surface area contributed by atoms with Crippen LogP contribution in [0.15, 0.2) is 28.7 Å². The largest absolute Gasteiger partial charge is 0.381 e. The number of nitrogens with one attached hydrogen (secondary N) is 1. The molecular weight excluding hydrogens is 342 g/mol. The molecule has 1 aromatic carbocycles. The predicted octanol–water partition coefficient (Wildman–Crippen LogP) is 4.05. The highest BCUT2D eigenvalue weighted by Gasteiger charge is 2.22. The molecule has 1 atom stereocenters. The molecule has 2 rings (SSSR count). The fourth-order valence-corrected chi connectivity index (χ4v) is 3.19. The molecule has 1 aliphatic rings. The van der Waals surface area contributed by atoms with Gasteiger partial charge in [-0.1, -0.05) is 41.9 Å². The molecular formula is C18H26BrNO2. The summed E-state index contributed by atoms with van der Waals surface area (Å²) < 4.78 is 6.53. The third kappa shape index (κ3) is 5.40. The van der Waals surface area contributed by atoms with E-state index in [0.29, 0.717) is 18.9 Å². The SMILES string of the molecule is CC(C)(CNC(=O)CCC1CCCOC1)c1cccc(Br)c1. The Balaban J connectivity index is 1.77. The number of hydrogen-bond acceptors (Lipinski definition) is 2. The molecule has 3 nitrogen and oxygen atoms in total. The van der Waals surface area contributed by atoms with Gasteiger partial charge in [0.05, 0.1) is 0 Å². The van der Waals surface area contributed by atoms with Gasteiger partial charge in [0.25, 0.3) is 0 Å². The molecule has 1 N–H and O–H groups in total.